The monoisotopic (exact) mass is 198 g/mol. The minimum Gasteiger partial charge on any atom is -0.496 e. The van der Waals surface area contributed by atoms with Gasteiger partial charge in [0.15, 0.2) is 0 Å². The van der Waals surface area contributed by atoms with Crippen molar-refractivity contribution in [3.63, 3.8) is 0 Å². The number of hydrogen-bond donors (Lipinski definition) is 0. The number of aldehydes is 1. The maximum absolute atomic E-state index is 10.4. The van der Waals surface area contributed by atoms with Gasteiger partial charge in [-0.3, -0.25) is 0 Å². The number of ether oxygens (including phenoxy) is 1. The SMILES string of the molecule is COc1cc(Cl)cc(C)c1CC=O. The smallest absolute Gasteiger partial charge is 0.124 e. The Bertz CT molecular complexity index is 321. The molecule has 0 atom stereocenters. The molecule has 0 saturated heterocycles. The van der Waals surface area contributed by atoms with Crippen LogP contribution in [0.3, 0.4) is 0 Å². The number of benzene rings is 1. The number of carbonyl (C=O) groups excluding carboxylic acids is 1. The van der Waals surface area contributed by atoms with E-state index >= 15 is 0 Å². The van der Waals surface area contributed by atoms with Gasteiger partial charge >= 0.3 is 0 Å². The van der Waals surface area contributed by atoms with Crippen LogP contribution in [-0.2, 0) is 11.2 Å². The molecule has 0 aromatic heterocycles. The van der Waals surface area contributed by atoms with Crippen LogP contribution in [0.1, 0.15) is 11.1 Å². The lowest BCUT2D eigenvalue weighted by Crippen LogP contribution is -1.96. The molecule has 70 valence electrons. The molecule has 0 saturated carbocycles. The maximum atomic E-state index is 10.4. The zero-order chi connectivity index (χ0) is 9.84. The average Bonchev–Trinajstić information content (AvgIpc) is 2.09. The van der Waals surface area contributed by atoms with E-state index in [4.69, 9.17) is 16.3 Å². The molecule has 3 heteroatoms. The maximum Gasteiger partial charge on any atom is 0.124 e. The molecule has 0 radical (unpaired) electrons. The normalized spacial score (nSPS) is 9.77. The topological polar surface area (TPSA) is 26.3 Å². The summed E-state index contributed by atoms with van der Waals surface area (Å²) in [5.74, 6) is 0.678. The number of carbonyl (C=O) groups is 1. The number of hydrogen-bond acceptors (Lipinski definition) is 2. The van der Waals surface area contributed by atoms with E-state index < -0.39 is 0 Å². The summed E-state index contributed by atoms with van der Waals surface area (Å²) in [4.78, 5) is 10.4. The first-order chi connectivity index (χ1) is 6.19. The summed E-state index contributed by atoms with van der Waals surface area (Å²) in [7, 11) is 1.57. The molecule has 2 nitrogen and oxygen atoms in total. The van der Waals surface area contributed by atoms with E-state index in [1.165, 1.54) is 0 Å². The number of halogens is 1. The van der Waals surface area contributed by atoms with Gasteiger partial charge in [0.2, 0.25) is 0 Å². The fraction of sp³-hybridized carbons (Fsp3) is 0.300. The van der Waals surface area contributed by atoms with Crippen LogP contribution in [0.15, 0.2) is 12.1 Å². The highest BCUT2D eigenvalue weighted by Gasteiger charge is 2.07. The van der Waals surface area contributed by atoms with E-state index in [0.29, 0.717) is 17.2 Å². The number of rotatable bonds is 3. The molecule has 0 aliphatic carbocycles. The van der Waals surface area contributed by atoms with Gasteiger partial charge in [0.1, 0.15) is 12.0 Å². The van der Waals surface area contributed by atoms with Gasteiger partial charge in [-0.2, -0.15) is 0 Å². The van der Waals surface area contributed by atoms with Crippen molar-refractivity contribution in [2.24, 2.45) is 0 Å². The average molecular weight is 199 g/mol. The molecule has 0 heterocycles. The molecular formula is C10H11ClO2. The Kier molecular flexibility index (Phi) is 3.32. The zero-order valence-electron chi connectivity index (χ0n) is 7.63. The predicted molar refractivity (Wildman–Crippen MR) is 52.5 cm³/mol. The summed E-state index contributed by atoms with van der Waals surface area (Å²) in [5, 5.41) is 0.629. The van der Waals surface area contributed by atoms with Crippen molar-refractivity contribution in [2.45, 2.75) is 13.3 Å². The molecule has 0 unspecified atom stereocenters. The van der Waals surface area contributed by atoms with Crippen LogP contribution in [0.4, 0.5) is 0 Å². The van der Waals surface area contributed by atoms with Crippen molar-refractivity contribution >= 4 is 17.9 Å². The van der Waals surface area contributed by atoms with Crippen molar-refractivity contribution in [3.8, 4) is 5.75 Å². The molecule has 0 aliphatic rings. The van der Waals surface area contributed by atoms with Gasteiger partial charge in [-0.05, 0) is 24.6 Å². The van der Waals surface area contributed by atoms with Gasteiger partial charge in [-0.25, -0.2) is 0 Å². The third-order valence-electron chi connectivity index (χ3n) is 1.90. The number of methoxy groups -OCH3 is 1. The standard InChI is InChI=1S/C10H11ClO2/c1-7-5-8(11)6-10(13-2)9(7)3-4-12/h4-6H,3H2,1-2H3. The lowest BCUT2D eigenvalue weighted by molar-refractivity contribution is -0.107. The third-order valence-corrected chi connectivity index (χ3v) is 2.12. The van der Waals surface area contributed by atoms with Gasteiger partial charge in [0.25, 0.3) is 0 Å². The van der Waals surface area contributed by atoms with E-state index in [-0.39, 0.29) is 0 Å². The minimum absolute atomic E-state index is 0.367. The minimum atomic E-state index is 0.367. The Morgan fingerprint density at radius 3 is 2.77 bits per heavy atom. The first-order valence-corrected chi connectivity index (χ1v) is 4.33. The van der Waals surface area contributed by atoms with Crippen molar-refractivity contribution in [2.75, 3.05) is 7.11 Å². The summed E-state index contributed by atoms with van der Waals surface area (Å²) < 4.78 is 5.12. The third kappa shape index (κ3) is 2.22. The van der Waals surface area contributed by atoms with Crippen molar-refractivity contribution in [1.29, 1.82) is 0 Å². The molecule has 0 N–H and O–H groups in total. The van der Waals surface area contributed by atoms with Crippen LogP contribution in [-0.4, -0.2) is 13.4 Å². The van der Waals surface area contributed by atoms with Crippen LogP contribution in [0.5, 0.6) is 5.75 Å². The van der Waals surface area contributed by atoms with E-state index in [1.54, 1.807) is 13.2 Å². The zero-order valence-corrected chi connectivity index (χ0v) is 8.39. The lowest BCUT2D eigenvalue weighted by Gasteiger charge is -2.09. The van der Waals surface area contributed by atoms with E-state index in [2.05, 4.69) is 0 Å². The predicted octanol–water partition coefficient (Wildman–Crippen LogP) is 2.40. The highest BCUT2D eigenvalue weighted by atomic mass is 35.5. The Labute approximate surface area is 82.5 Å². The molecular weight excluding hydrogens is 188 g/mol. The molecule has 0 spiro atoms. The molecule has 1 aromatic carbocycles. The summed E-state index contributed by atoms with van der Waals surface area (Å²) in [5.41, 5.74) is 1.89. The van der Waals surface area contributed by atoms with E-state index in [9.17, 15) is 4.79 Å². The lowest BCUT2D eigenvalue weighted by atomic mass is 10.1. The molecule has 13 heavy (non-hydrogen) atoms. The van der Waals surface area contributed by atoms with Gasteiger partial charge in [0, 0.05) is 17.0 Å². The van der Waals surface area contributed by atoms with Gasteiger partial charge < -0.3 is 9.53 Å². The van der Waals surface area contributed by atoms with Crippen molar-refractivity contribution in [1.82, 2.24) is 0 Å². The fourth-order valence-corrected chi connectivity index (χ4v) is 1.53. The molecule has 0 aliphatic heterocycles. The number of aryl methyl sites for hydroxylation is 1. The highest BCUT2D eigenvalue weighted by Crippen LogP contribution is 2.26. The van der Waals surface area contributed by atoms with Crippen LogP contribution < -0.4 is 4.74 Å². The van der Waals surface area contributed by atoms with Crippen LogP contribution in [0.2, 0.25) is 5.02 Å². The summed E-state index contributed by atoms with van der Waals surface area (Å²) in [6, 6.07) is 3.54. The Balaban J connectivity index is 3.20. The fourth-order valence-electron chi connectivity index (χ4n) is 1.27. The first kappa shape index (κ1) is 10.1. The Morgan fingerprint density at radius 2 is 2.23 bits per heavy atom. The van der Waals surface area contributed by atoms with Crippen molar-refractivity contribution < 1.29 is 9.53 Å². The highest BCUT2D eigenvalue weighted by molar-refractivity contribution is 6.30. The van der Waals surface area contributed by atoms with E-state index in [1.807, 2.05) is 13.0 Å². The van der Waals surface area contributed by atoms with Crippen molar-refractivity contribution in [3.05, 3.63) is 28.3 Å². The second-order valence-electron chi connectivity index (χ2n) is 2.77. The van der Waals surface area contributed by atoms with Crippen LogP contribution in [0, 0.1) is 6.92 Å². The molecule has 0 fully saturated rings. The molecule has 1 aromatic rings. The van der Waals surface area contributed by atoms with Crippen LogP contribution in [0.25, 0.3) is 0 Å². The molecule has 0 bridgehead atoms. The van der Waals surface area contributed by atoms with Gasteiger partial charge in [-0.1, -0.05) is 11.6 Å². The second kappa shape index (κ2) is 4.28. The largest absolute Gasteiger partial charge is 0.496 e. The summed E-state index contributed by atoms with van der Waals surface area (Å²) in [6.45, 7) is 1.91. The Morgan fingerprint density at radius 1 is 1.54 bits per heavy atom. The van der Waals surface area contributed by atoms with Gasteiger partial charge in [0.05, 0.1) is 7.11 Å². The molecule has 1 rings (SSSR count). The van der Waals surface area contributed by atoms with Crippen LogP contribution >= 0.6 is 11.6 Å². The molecule has 0 amide bonds. The van der Waals surface area contributed by atoms with Gasteiger partial charge in [-0.15, -0.1) is 0 Å². The quantitative estimate of drug-likeness (QED) is 0.698. The summed E-state index contributed by atoms with van der Waals surface area (Å²) >= 11 is 5.83. The Hall–Kier alpha value is -1.02. The van der Waals surface area contributed by atoms with E-state index in [0.717, 1.165) is 17.4 Å². The first-order valence-electron chi connectivity index (χ1n) is 3.95. The second-order valence-corrected chi connectivity index (χ2v) is 3.21. The summed E-state index contributed by atoms with van der Waals surface area (Å²) in [6.07, 6.45) is 1.23.